The number of carbonyl (C=O) groups excluding carboxylic acids is 3. The Hall–Kier alpha value is -4.20. The Morgan fingerprint density at radius 3 is 1.43 bits per heavy atom. The SMILES string of the molecule is CC1(C)CC(C)(C)c2c([nH]c3ccc(C(=O)O)cc23)C1=O.CC1(C)CC(C)(C)c2c([nH]c3ccc(C(N)=O)cc23)C1=O. The summed E-state index contributed by atoms with van der Waals surface area (Å²) in [5, 5.41) is 10.9. The topological polar surface area (TPSA) is 146 Å². The summed E-state index contributed by atoms with van der Waals surface area (Å²) in [6.07, 6.45) is 1.52. The zero-order chi connectivity index (χ0) is 31.2. The number of benzene rings is 2. The molecule has 2 aliphatic carbocycles. The van der Waals surface area contributed by atoms with Crippen molar-refractivity contribution in [2.75, 3.05) is 0 Å². The highest BCUT2D eigenvalue weighted by Gasteiger charge is 2.46. The van der Waals surface area contributed by atoms with E-state index in [1.807, 2.05) is 33.8 Å². The summed E-state index contributed by atoms with van der Waals surface area (Å²) in [7, 11) is 0. The van der Waals surface area contributed by atoms with Crippen LogP contribution in [0.1, 0.15) is 121 Å². The quantitative estimate of drug-likeness (QED) is 0.207. The number of aromatic carboxylic acids is 1. The molecule has 2 aliphatic rings. The van der Waals surface area contributed by atoms with Crippen LogP contribution in [-0.4, -0.2) is 38.5 Å². The second kappa shape index (κ2) is 9.15. The average molecular weight is 570 g/mol. The zero-order valence-electron chi connectivity index (χ0n) is 25.5. The lowest BCUT2D eigenvalue weighted by molar-refractivity contribution is 0.0695. The van der Waals surface area contributed by atoms with Gasteiger partial charge in [-0.25, -0.2) is 4.79 Å². The Labute approximate surface area is 245 Å². The summed E-state index contributed by atoms with van der Waals surface area (Å²) in [5.74, 6) is -1.17. The van der Waals surface area contributed by atoms with Crippen LogP contribution >= 0.6 is 0 Å². The van der Waals surface area contributed by atoms with E-state index in [1.165, 1.54) is 0 Å². The molecule has 8 heteroatoms. The van der Waals surface area contributed by atoms with Crippen molar-refractivity contribution in [3.63, 3.8) is 0 Å². The molecule has 0 fully saturated rings. The Morgan fingerprint density at radius 1 is 0.667 bits per heavy atom. The van der Waals surface area contributed by atoms with Crippen molar-refractivity contribution in [1.29, 1.82) is 0 Å². The van der Waals surface area contributed by atoms with Gasteiger partial charge < -0.3 is 20.8 Å². The largest absolute Gasteiger partial charge is 0.478 e. The van der Waals surface area contributed by atoms with Gasteiger partial charge in [-0.15, -0.1) is 0 Å². The van der Waals surface area contributed by atoms with E-state index in [-0.39, 0.29) is 33.4 Å². The van der Waals surface area contributed by atoms with E-state index in [1.54, 1.807) is 30.3 Å². The number of carboxylic acid groups (broad SMARTS) is 1. The molecule has 2 heterocycles. The highest BCUT2D eigenvalue weighted by Crippen LogP contribution is 2.49. The summed E-state index contributed by atoms with van der Waals surface area (Å²) in [6.45, 7) is 16.4. The second-order valence-electron chi connectivity index (χ2n) is 14.5. The van der Waals surface area contributed by atoms with Crippen molar-refractivity contribution in [2.24, 2.45) is 16.6 Å². The summed E-state index contributed by atoms with van der Waals surface area (Å²) in [6, 6.07) is 10.3. The molecule has 0 radical (unpaired) electrons. The van der Waals surface area contributed by atoms with Crippen molar-refractivity contribution >= 4 is 45.2 Å². The lowest BCUT2D eigenvalue weighted by Crippen LogP contribution is -2.39. The van der Waals surface area contributed by atoms with E-state index in [2.05, 4.69) is 37.7 Å². The molecule has 220 valence electrons. The number of aromatic amines is 2. The molecule has 0 saturated carbocycles. The lowest BCUT2D eigenvalue weighted by atomic mass is 9.63. The molecule has 0 aliphatic heterocycles. The lowest BCUT2D eigenvalue weighted by Gasteiger charge is -2.39. The Balaban J connectivity index is 0.000000168. The highest BCUT2D eigenvalue weighted by molar-refractivity contribution is 6.09. The van der Waals surface area contributed by atoms with Gasteiger partial charge in [0.25, 0.3) is 0 Å². The van der Waals surface area contributed by atoms with E-state index in [0.29, 0.717) is 17.0 Å². The number of carbonyl (C=O) groups is 4. The fourth-order valence-corrected chi connectivity index (χ4v) is 7.64. The number of amides is 1. The van der Waals surface area contributed by atoms with Gasteiger partial charge in [-0.05, 0) is 71.2 Å². The number of fused-ring (bicyclic) bond motifs is 6. The summed E-state index contributed by atoms with van der Waals surface area (Å²) in [5.41, 5.74) is 9.94. The number of carboxylic acids is 1. The number of Topliss-reactive ketones (excluding diaryl/α,β-unsaturated/α-hetero) is 2. The maximum atomic E-state index is 12.7. The van der Waals surface area contributed by atoms with Crippen LogP contribution in [-0.2, 0) is 10.8 Å². The van der Waals surface area contributed by atoms with Gasteiger partial charge in [-0.2, -0.15) is 0 Å². The molecule has 0 atom stereocenters. The van der Waals surface area contributed by atoms with Gasteiger partial charge in [0.15, 0.2) is 11.6 Å². The number of hydrogen-bond donors (Lipinski definition) is 4. The van der Waals surface area contributed by atoms with Crippen LogP contribution in [0.3, 0.4) is 0 Å². The molecule has 0 unspecified atom stereocenters. The standard InChI is InChI=1S/C17H20N2O2.C17H19NO3/c1-16(2)8-17(3,4)14(20)13-12(16)10-7-9(15(18)21)5-6-11(10)19-13;1-16(2)8-17(3,4)14(19)13-12(16)10-7-9(15(20)21)5-6-11(10)18-13/h5-7,19H,8H2,1-4H3,(H2,18,21);5-7,18H,8H2,1-4H3,(H,20,21). The second-order valence-corrected chi connectivity index (χ2v) is 14.5. The summed E-state index contributed by atoms with van der Waals surface area (Å²) >= 11 is 0. The monoisotopic (exact) mass is 569 g/mol. The van der Waals surface area contributed by atoms with Gasteiger partial charge in [0.1, 0.15) is 0 Å². The molecular formula is C34H39N3O5. The Bertz CT molecular complexity index is 1700. The van der Waals surface area contributed by atoms with Gasteiger partial charge in [0.05, 0.1) is 17.0 Å². The maximum absolute atomic E-state index is 12.7. The molecule has 5 N–H and O–H groups in total. The molecule has 1 amide bonds. The normalized spacial score (nSPS) is 19.5. The molecule has 0 spiro atoms. The fourth-order valence-electron chi connectivity index (χ4n) is 7.64. The number of primary amides is 1. The number of ketones is 2. The molecule has 0 saturated heterocycles. The molecule has 6 rings (SSSR count). The number of H-pyrrole nitrogens is 2. The third-order valence-corrected chi connectivity index (χ3v) is 8.93. The third-order valence-electron chi connectivity index (χ3n) is 8.93. The van der Waals surface area contributed by atoms with E-state index in [9.17, 15) is 24.3 Å². The highest BCUT2D eigenvalue weighted by atomic mass is 16.4. The van der Waals surface area contributed by atoms with E-state index in [0.717, 1.165) is 45.8 Å². The van der Waals surface area contributed by atoms with Crippen molar-refractivity contribution in [2.45, 2.75) is 79.1 Å². The number of rotatable bonds is 2. The number of hydrogen-bond acceptors (Lipinski definition) is 4. The minimum Gasteiger partial charge on any atom is -0.478 e. The number of nitrogens with two attached hydrogens (primary N) is 1. The minimum atomic E-state index is -0.952. The van der Waals surface area contributed by atoms with Crippen LogP contribution < -0.4 is 5.73 Å². The third kappa shape index (κ3) is 4.53. The van der Waals surface area contributed by atoms with E-state index in [4.69, 9.17) is 5.73 Å². The van der Waals surface area contributed by atoms with Gasteiger partial charge in [-0.3, -0.25) is 14.4 Å². The van der Waals surface area contributed by atoms with Gasteiger partial charge in [0.2, 0.25) is 5.91 Å². The van der Waals surface area contributed by atoms with E-state index < -0.39 is 17.3 Å². The Morgan fingerprint density at radius 2 is 1.05 bits per heavy atom. The van der Waals surface area contributed by atoms with Crippen molar-refractivity contribution in [3.05, 3.63) is 70.0 Å². The molecule has 4 aromatic rings. The molecule has 42 heavy (non-hydrogen) atoms. The van der Waals surface area contributed by atoms with Crippen molar-refractivity contribution < 1.29 is 24.3 Å². The van der Waals surface area contributed by atoms with Crippen LogP contribution in [0, 0.1) is 10.8 Å². The average Bonchev–Trinajstić information content (AvgIpc) is 3.44. The van der Waals surface area contributed by atoms with Crippen LogP contribution in [0.25, 0.3) is 21.8 Å². The summed E-state index contributed by atoms with van der Waals surface area (Å²) < 4.78 is 0. The molecule has 2 aromatic heterocycles. The first kappa shape index (κ1) is 29.3. The van der Waals surface area contributed by atoms with Crippen LogP contribution in [0.2, 0.25) is 0 Å². The van der Waals surface area contributed by atoms with E-state index >= 15 is 0 Å². The van der Waals surface area contributed by atoms with Crippen LogP contribution in [0.15, 0.2) is 36.4 Å². The van der Waals surface area contributed by atoms with Crippen LogP contribution in [0.5, 0.6) is 0 Å². The number of aromatic nitrogens is 2. The molecule has 2 aromatic carbocycles. The first-order valence-electron chi connectivity index (χ1n) is 14.2. The first-order chi connectivity index (χ1) is 19.3. The molecule has 0 bridgehead atoms. The fraction of sp³-hybridized carbons (Fsp3) is 0.412. The van der Waals surface area contributed by atoms with Crippen LogP contribution in [0.4, 0.5) is 0 Å². The minimum absolute atomic E-state index is 0.102. The molecular weight excluding hydrogens is 530 g/mol. The van der Waals surface area contributed by atoms with Gasteiger partial charge >= 0.3 is 5.97 Å². The van der Waals surface area contributed by atoms with Crippen molar-refractivity contribution in [3.8, 4) is 0 Å². The Kier molecular flexibility index (Phi) is 6.38. The maximum Gasteiger partial charge on any atom is 0.335 e. The van der Waals surface area contributed by atoms with Crippen molar-refractivity contribution in [1.82, 2.24) is 9.97 Å². The zero-order valence-corrected chi connectivity index (χ0v) is 25.5. The number of nitrogens with one attached hydrogen (secondary N) is 2. The molecule has 8 nitrogen and oxygen atoms in total. The van der Waals surface area contributed by atoms with Gasteiger partial charge in [0, 0.05) is 38.2 Å². The predicted octanol–water partition coefficient (Wildman–Crippen LogP) is 6.91. The summed E-state index contributed by atoms with van der Waals surface area (Å²) in [4.78, 5) is 54.4. The smallest absolute Gasteiger partial charge is 0.335 e. The predicted molar refractivity (Wildman–Crippen MR) is 164 cm³/mol. The first-order valence-corrected chi connectivity index (χ1v) is 14.2. The van der Waals surface area contributed by atoms with Gasteiger partial charge in [-0.1, -0.05) is 55.4 Å².